The van der Waals surface area contributed by atoms with Crippen LogP contribution in [0.3, 0.4) is 0 Å². The van der Waals surface area contributed by atoms with E-state index >= 15 is 0 Å². The maximum absolute atomic E-state index is 12.7. The maximum Gasteiger partial charge on any atom is 0.329 e. The minimum Gasteiger partial charge on any atom is -0.323 e. The van der Waals surface area contributed by atoms with E-state index in [1.165, 1.54) is 14.7 Å². The van der Waals surface area contributed by atoms with Crippen LogP contribution in [0.2, 0.25) is 0 Å². The zero-order valence-electron chi connectivity index (χ0n) is 14.1. The third-order valence-electron chi connectivity index (χ3n) is 5.75. The van der Waals surface area contributed by atoms with Gasteiger partial charge >= 0.3 is 6.03 Å². The Morgan fingerprint density at radius 3 is 2.58 bits per heavy atom. The number of nitrogens with zero attached hydrogens (tertiary/aromatic N) is 1. The molecule has 3 fully saturated rings. The van der Waals surface area contributed by atoms with Crippen molar-refractivity contribution in [2.24, 2.45) is 5.92 Å². The average Bonchev–Trinajstić information content (AvgIpc) is 3.27. The molecule has 1 saturated carbocycles. The van der Waals surface area contributed by atoms with Crippen LogP contribution in [0, 0.1) is 5.92 Å². The van der Waals surface area contributed by atoms with Gasteiger partial charge in [-0.2, -0.15) is 0 Å². The molecule has 0 bridgehead atoms. The number of urea groups is 1. The number of piperazine rings is 1. The van der Waals surface area contributed by atoms with Crippen molar-refractivity contribution in [3.8, 4) is 0 Å². The number of rotatable bonds is 5. The summed E-state index contributed by atoms with van der Waals surface area (Å²) in [6.07, 6.45) is 2.10. The number of carbonyl (C=O) groups excluding carboxylic acids is 2. The summed E-state index contributed by atoms with van der Waals surface area (Å²) in [6, 6.07) is 4.10. The van der Waals surface area contributed by atoms with Crippen molar-refractivity contribution >= 4 is 23.3 Å². The number of thiophene rings is 1. The summed E-state index contributed by atoms with van der Waals surface area (Å²) in [6.45, 7) is 7.71. The molecule has 0 radical (unpaired) electrons. The zero-order valence-corrected chi connectivity index (χ0v) is 15.0. The van der Waals surface area contributed by atoms with E-state index in [9.17, 15) is 9.59 Å². The van der Waals surface area contributed by atoms with Crippen LogP contribution in [0.25, 0.3) is 0 Å². The van der Waals surface area contributed by atoms with Crippen molar-refractivity contribution in [2.45, 2.75) is 31.8 Å². The Morgan fingerprint density at radius 1 is 1.25 bits per heavy atom. The molecular weight excluding hydrogens is 324 g/mol. The Kier molecular flexibility index (Phi) is 4.10. The molecule has 24 heavy (non-hydrogen) atoms. The van der Waals surface area contributed by atoms with Crippen molar-refractivity contribution in [3.63, 3.8) is 0 Å². The molecule has 3 amide bonds. The van der Waals surface area contributed by atoms with Crippen LogP contribution < -0.4 is 15.1 Å². The van der Waals surface area contributed by atoms with E-state index in [1.54, 1.807) is 4.90 Å². The molecule has 3 N–H and O–H groups in total. The normalized spacial score (nSPS) is 33.8. The van der Waals surface area contributed by atoms with Gasteiger partial charge in [-0.25, -0.2) is 9.69 Å². The molecule has 3 aliphatic rings. The van der Waals surface area contributed by atoms with Crippen molar-refractivity contribution < 1.29 is 19.4 Å². The largest absolute Gasteiger partial charge is 0.329 e. The van der Waals surface area contributed by atoms with E-state index in [2.05, 4.69) is 22.8 Å². The topological polar surface area (TPSA) is 58.3 Å². The summed E-state index contributed by atoms with van der Waals surface area (Å²) >= 11 is 1.82. The van der Waals surface area contributed by atoms with Crippen LogP contribution in [-0.2, 0) is 11.3 Å². The number of hydrogen-bond donors (Lipinski definition) is 3. The van der Waals surface area contributed by atoms with Crippen LogP contribution in [0.4, 0.5) is 4.79 Å². The third kappa shape index (κ3) is 2.96. The lowest BCUT2D eigenvalue weighted by molar-refractivity contribution is -1.02. The van der Waals surface area contributed by atoms with Gasteiger partial charge in [-0.1, -0.05) is 6.07 Å². The van der Waals surface area contributed by atoms with Crippen molar-refractivity contribution in [2.75, 3.05) is 32.8 Å². The maximum atomic E-state index is 12.7. The number of quaternary nitrogens is 2. The molecule has 2 saturated heterocycles. The second kappa shape index (κ2) is 6.13. The van der Waals surface area contributed by atoms with E-state index in [1.807, 2.05) is 18.3 Å². The summed E-state index contributed by atoms with van der Waals surface area (Å²) < 4.78 is 0. The second-order valence-corrected chi connectivity index (χ2v) is 8.59. The minimum atomic E-state index is -0.650. The van der Waals surface area contributed by atoms with Crippen LogP contribution in [0.15, 0.2) is 17.5 Å². The first-order valence-corrected chi connectivity index (χ1v) is 9.78. The van der Waals surface area contributed by atoms with Gasteiger partial charge in [0.25, 0.3) is 5.91 Å². The molecule has 130 valence electrons. The van der Waals surface area contributed by atoms with E-state index < -0.39 is 5.54 Å². The molecule has 1 aromatic heterocycles. The lowest BCUT2D eigenvalue weighted by atomic mass is 9.96. The number of hydrogen-bond acceptors (Lipinski definition) is 3. The highest BCUT2D eigenvalue weighted by Crippen LogP contribution is 2.42. The fraction of sp³-hybridized carbons (Fsp3) is 0.647. The molecule has 3 heterocycles. The Hall–Kier alpha value is -1.44. The molecule has 0 spiro atoms. The molecule has 1 aromatic rings. The van der Waals surface area contributed by atoms with Gasteiger partial charge in [0, 0.05) is 0 Å². The van der Waals surface area contributed by atoms with E-state index in [-0.39, 0.29) is 11.9 Å². The van der Waals surface area contributed by atoms with Crippen LogP contribution in [0.5, 0.6) is 0 Å². The highest BCUT2D eigenvalue weighted by Gasteiger charge is 2.56. The molecular formula is C17H26N4O2S+2. The smallest absolute Gasteiger partial charge is 0.323 e. The van der Waals surface area contributed by atoms with Gasteiger partial charge in [0.2, 0.25) is 0 Å². The SMILES string of the molecule is C[C@@]1(C2CC2)NC(=O)N(C[NH+]2CC[NH+](Cc3cccs3)CC2)C1=O. The fourth-order valence-electron chi connectivity index (χ4n) is 3.97. The van der Waals surface area contributed by atoms with Gasteiger partial charge in [0.15, 0.2) is 6.67 Å². The molecule has 4 rings (SSSR count). The number of amides is 3. The Morgan fingerprint density at radius 2 is 1.96 bits per heavy atom. The van der Waals surface area contributed by atoms with E-state index in [0.29, 0.717) is 12.6 Å². The molecule has 7 heteroatoms. The third-order valence-corrected chi connectivity index (χ3v) is 6.62. The monoisotopic (exact) mass is 350 g/mol. The molecule has 1 aliphatic carbocycles. The lowest BCUT2D eigenvalue weighted by Gasteiger charge is -2.31. The molecule has 0 aromatic carbocycles. The van der Waals surface area contributed by atoms with Crippen molar-refractivity contribution in [1.82, 2.24) is 10.2 Å². The van der Waals surface area contributed by atoms with Gasteiger partial charge in [0.1, 0.15) is 38.3 Å². The summed E-state index contributed by atoms with van der Waals surface area (Å²) in [5.74, 6) is 0.317. The van der Waals surface area contributed by atoms with Gasteiger partial charge in [0.05, 0.1) is 4.88 Å². The Balaban J connectivity index is 1.30. The standard InChI is InChI=1S/C17H24N4O2S/c1-17(13-4-5-13)15(22)21(16(23)18-17)12-20-8-6-19(7-9-20)11-14-3-2-10-24-14/h2-3,10,13H,4-9,11-12H2,1H3,(H,18,23)/p+2/t17-/m0/s1. The predicted octanol–water partition coefficient (Wildman–Crippen LogP) is -1.29. The molecule has 2 aliphatic heterocycles. The summed E-state index contributed by atoms with van der Waals surface area (Å²) in [7, 11) is 0. The molecule has 6 nitrogen and oxygen atoms in total. The first-order chi connectivity index (χ1) is 11.6. The van der Waals surface area contributed by atoms with Crippen molar-refractivity contribution in [1.29, 1.82) is 0 Å². The zero-order chi connectivity index (χ0) is 16.7. The predicted molar refractivity (Wildman–Crippen MR) is 90.8 cm³/mol. The number of nitrogens with one attached hydrogen (secondary N) is 3. The van der Waals surface area contributed by atoms with E-state index in [0.717, 1.165) is 45.6 Å². The lowest BCUT2D eigenvalue weighted by Crippen LogP contribution is -3.28. The number of imide groups is 1. The highest BCUT2D eigenvalue weighted by molar-refractivity contribution is 7.09. The quantitative estimate of drug-likeness (QED) is 0.579. The van der Waals surface area contributed by atoms with Gasteiger partial charge in [-0.3, -0.25) is 4.79 Å². The van der Waals surface area contributed by atoms with Crippen LogP contribution in [-0.4, -0.2) is 55.2 Å². The first-order valence-electron chi connectivity index (χ1n) is 8.90. The summed E-state index contributed by atoms with van der Waals surface area (Å²) in [4.78, 5) is 30.8. The summed E-state index contributed by atoms with van der Waals surface area (Å²) in [5.41, 5.74) is -0.650. The first kappa shape index (κ1) is 16.1. The van der Waals surface area contributed by atoms with E-state index in [4.69, 9.17) is 0 Å². The summed E-state index contributed by atoms with van der Waals surface area (Å²) in [5, 5.41) is 5.07. The van der Waals surface area contributed by atoms with Gasteiger partial charge in [-0.05, 0) is 37.1 Å². The highest BCUT2D eigenvalue weighted by atomic mass is 32.1. The van der Waals surface area contributed by atoms with Crippen LogP contribution >= 0.6 is 11.3 Å². The molecule has 0 unspecified atom stereocenters. The fourth-order valence-corrected chi connectivity index (χ4v) is 4.75. The average molecular weight is 350 g/mol. The Bertz CT molecular complexity index is 623. The Labute approximate surface area is 146 Å². The van der Waals surface area contributed by atoms with Gasteiger partial charge < -0.3 is 15.1 Å². The van der Waals surface area contributed by atoms with Crippen molar-refractivity contribution in [3.05, 3.63) is 22.4 Å². The number of carbonyl (C=O) groups is 2. The van der Waals surface area contributed by atoms with Gasteiger partial charge in [-0.15, -0.1) is 11.3 Å². The minimum absolute atomic E-state index is 0.0177. The second-order valence-electron chi connectivity index (χ2n) is 7.55. The van der Waals surface area contributed by atoms with Crippen LogP contribution in [0.1, 0.15) is 24.6 Å². The molecule has 1 atom stereocenters.